The van der Waals surface area contributed by atoms with Crippen LogP contribution in [-0.4, -0.2) is 18.6 Å². The minimum atomic E-state index is -0.339. The molecule has 1 rings (SSSR count). The van der Waals surface area contributed by atoms with Crippen LogP contribution < -0.4 is 10.1 Å². The first-order valence-electron chi connectivity index (χ1n) is 4.19. The predicted molar refractivity (Wildman–Crippen MR) is 48.1 cm³/mol. The molecule has 0 saturated carbocycles. The molecule has 0 atom stereocenters. The van der Waals surface area contributed by atoms with Crippen molar-refractivity contribution in [1.82, 2.24) is 10.3 Å². The van der Waals surface area contributed by atoms with Crippen LogP contribution in [0.1, 0.15) is 12.5 Å². The highest BCUT2D eigenvalue weighted by Gasteiger charge is 2.05. The fourth-order valence-electron chi connectivity index (χ4n) is 1.05. The molecule has 1 aromatic heterocycles. The van der Waals surface area contributed by atoms with Gasteiger partial charge in [0.05, 0.1) is 12.8 Å². The zero-order chi connectivity index (χ0) is 9.68. The summed E-state index contributed by atoms with van der Waals surface area (Å²) in [5, 5.41) is 2.92. The Labute approximate surface area is 76.9 Å². The van der Waals surface area contributed by atoms with E-state index in [1.54, 1.807) is 7.05 Å². The maximum absolute atomic E-state index is 12.8. The number of ether oxygens (including phenoxy) is 1. The van der Waals surface area contributed by atoms with Gasteiger partial charge in [-0.2, -0.15) is 0 Å². The van der Waals surface area contributed by atoms with Gasteiger partial charge in [-0.05, 0) is 20.0 Å². The van der Waals surface area contributed by atoms with Crippen LogP contribution in [0.15, 0.2) is 12.3 Å². The van der Waals surface area contributed by atoms with E-state index in [-0.39, 0.29) is 5.82 Å². The van der Waals surface area contributed by atoms with Gasteiger partial charge in [0.15, 0.2) is 0 Å². The lowest BCUT2D eigenvalue weighted by Gasteiger charge is -2.07. The van der Waals surface area contributed by atoms with Crippen molar-refractivity contribution in [2.24, 2.45) is 0 Å². The predicted octanol–water partition coefficient (Wildman–Crippen LogP) is 1.34. The van der Waals surface area contributed by atoms with Gasteiger partial charge in [-0.1, -0.05) is 0 Å². The van der Waals surface area contributed by atoms with E-state index in [1.807, 2.05) is 6.92 Å². The molecule has 0 amide bonds. The number of aromatic nitrogens is 1. The molecule has 3 nitrogen and oxygen atoms in total. The molecule has 0 aliphatic heterocycles. The van der Waals surface area contributed by atoms with Gasteiger partial charge in [0.25, 0.3) is 0 Å². The fraction of sp³-hybridized carbons (Fsp3) is 0.444. The summed E-state index contributed by atoms with van der Waals surface area (Å²) in [6.45, 7) is 2.96. The highest BCUT2D eigenvalue weighted by Crippen LogP contribution is 2.15. The third kappa shape index (κ3) is 2.66. The second kappa shape index (κ2) is 4.77. The van der Waals surface area contributed by atoms with E-state index in [2.05, 4.69) is 10.3 Å². The molecule has 1 N–H and O–H groups in total. The van der Waals surface area contributed by atoms with Gasteiger partial charge in [0, 0.05) is 12.1 Å². The number of nitrogens with one attached hydrogen (secondary N) is 1. The average Bonchev–Trinajstić information content (AvgIpc) is 2.10. The van der Waals surface area contributed by atoms with Crippen LogP contribution in [0.25, 0.3) is 0 Å². The Morgan fingerprint density at radius 2 is 2.38 bits per heavy atom. The van der Waals surface area contributed by atoms with Gasteiger partial charge in [0.1, 0.15) is 5.82 Å². The third-order valence-corrected chi connectivity index (χ3v) is 1.54. The van der Waals surface area contributed by atoms with E-state index in [9.17, 15) is 4.39 Å². The first-order valence-corrected chi connectivity index (χ1v) is 4.19. The molecule has 0 unspecified atom stereocenters. The molecule has 0 aliphatic carbocycles. The summed E-state index contributed by atoms with van der Waals surface area (Å²) >= 11 is 0. The largest absolute Gasteiger partial charge is 0.478 e. The summed E-state index contributed by atoms with van der Waals surface area (Å²) in [7, 11) is 1.79. The Morgan fingerprint density at radius 3 is 3.00 bits per heavy atom. The maximum atomic E-state index is 12.8. The second-order valence-corrected chi connectivity index (χ2v) is 2.58. The van der Waals surface area contributed by atoms with Gasteiger partial charge in [0.2, 0.25) is 5.88 Å². The smallest absolute Gasteiger partial charge is 0.218 e. The van der Waals surface area contributed by atoms with Crippen LogP contribution in [0.3, 0.4) is 0 Å². The van der Waals surface area contributed by atoms with Gasteiger partial charge in [-0.3, -0.25) is 0 Å². The molecule has 0 aliphatic rings. The summed E-state index contributed by atoms with van der Waals surface area (Å²) in [5.74, 6) is 0.159. The Bertz CT molecular complexity index is 278. The van der Waals surface area contributed by atoms with E-state index < -0.39 is 0 Å². The summed E-state index contributed by atoms with van der Waals surface area (Å²) in [5.41, 5.74) is 0.740. The Hall–Kier alpha value is -1.16. The zero-order valence-electron chi connectivity index (χ0n) is 7.80. The van der Waals surface area contributed by atoms with Crippen molar-refractivity contribution in [3.63, 3.8) is 0 Å². The Kier molecular flexibility index (Phi) is 3.64. The summed E-state index contributed by atoms with van der Waals surface area (Å²) in [4.78, 5) is 3.85. The van der Waals surface area contributed by atoms with Crippen LogP contribution in [0, 0.1) is 5.82 Å². The van der Waals surface area contributed by atoms with Crippen LogP contribution in [0.2, 0.25) is 0 Å². The molecule has 0 bridgehead atoms. The van der Waals surface area contributed by atoms with Gasteiger partial charge < -0.3 is 10.1 Å². The molecule has 1 aromatic rings. The van der Waals surface area contributed by atoms with Crippen LogP contribution >= 0.6 is 0 Å². The number of hydrogen-bond acceptors (Lipinski definition) is 3. The summed E-state index contributed by atoms with van der Waals surface area (Å²) in [6.07, 6.45) is 1.16. The number of halogens is 1. The van der Waals surface area contributed by atoms with Gasteiger partial charge >= 0.3 is 0 Å². The quantitative estimate of drug-likeness (QED) is 0.766. The van der Waals surface area contributed by atoms with Crippen molar-refractivity contribution in [2.45, 2.75) is 13.5 Å². The number of rotatable bonds is 4. The topological polar surface area (TPSA) is 34.1 Å². The molecule has 72 valence electrons. The fourth-order valence-corrected chi connectivity index (χ4v) is 1.05. The van der Waals surface area contributed by atoms with Crippen molar-refractivity contribution in [3.8, 4) is 5.88 Å². The number of hydrogen-bond donors (Lipinski definition) is 1. The number of pyridine rings is 1. The molecule has 1 heterocycles. The monoisotopic (exact) mass is 184 g/mol. The minimum Gasteiger partial charge on any atom is -0.478 e. The Morgan fingerprint density at radius 1 is 1.62 bits per heavy atom. The highest BCUT2D eigenvalue weighted by molar-refractivity contribution is 5.25. The molecular formula is C9H13FN2O. The normalized spacial score (nSPS) is 10.1. The second-order valence-electron chi connectivity index (χ2n) is 2.58. The van der Waals surface area contributed by atoms with Crippen molar-refractivity contribution in [2.75, 3.05) is 13.7 Å². The minimum absolute atomic E-state index is 0.339. The Balaban J connectivity index is 2.89. The third-order valence-electron chi connectivity index (χ3n) is 1.54. The van der Waals surface area contributed by atoms with E-state index in [0.717, 1.165) is 11.8 Å². The lowest BCUT2D eigenvalue weighted by Crippen LogP contribution is -2.09. The van der Waals surface area contributed by atoms with Crippen LogP contribution in [0.5, 0.6) is 5.88 Å². The molecule has 0 aromatic carbocycles. The molecule has 0 saturated heterocycles. The first-order chi connectivity index (χ1) is 6.27. The molecule has 13 heavy (non-hydrogen) atoms. The SMILES string of the molecule is CCOc1ncc(F)cc1CNC. The maximum Gasteiger partial charge on any atom is 0.218 e. The standard InChI is InChI=1S/C9H13FN2O/c1-3-13-9-7(5-11-2)4-8(10)6-12-9/h4,6,11H,3,5H2,1-2H3. The molecule has 0 radical (unpaired) electrons. The zero-order valence-corrected chi connectivity index (χ0v) is 7.80. The van der Waals surface area contributed by atoms with E-state index in [4.69, 9.17) is 4.74 Å². The molecular weight excluding hydrogens is 171 g/mol. The van der Waals surface area contributed by atoms with Crippen molar-refractivity contribution in [3.05, 3.63) is 23.6 Å². The summed E-state index contributed by atoms with van der Waals surface area (Å²) < 4.78 is 18.0. The lowest BCUT2D eigenvalue weighted by atomic mass is 10.2. The molecule has 0 spiro atoms. The lowest BCUT2D eigenvalue weighted by molar-refractivity contribution is 0.321. The van der Waals surface area contributed by atoms with Crippen molar-refractivity contribution in [1.29, 1.82) is 0 Å². The van der Waals surface area contributed by atoms with Crippen molar-refractivity contribution < 1.29 is 9.13 Å². The van der Waals surface area contributed by atoms with Crippen molar-refractivity contribution >= 4 is 0 Å². The molecule has 4 heteroatoms. The van der Waals surface area contributed by atoms with Gasteiger partial charge in [-0.15, -0.1) is 0 Å². The average molecular weight is 184 g/mol. The molecule has 0 fully saturated rings. The van der Waals surface area contributed by atoms with Gasteiger partial charge in [-0.25, -0.2) is 9.37 Å². The van der Waals surface area contributed by atoms with Crippen LogP contribution in [0.4, 0.5) is 4.39 Å². The highest BCUT2D eigenvalue weighted by atomic mass is 19.1. The van der Waals surface area contributed by atoms with E-state index in [0.29, 0.717) is 19.0 Å². The van der Waals surface area contributed by atoms with E-state index in [1.165, 1.54) is 6.07 Å². The summed E-state index contributed by atoms with van der Waals surface area (Å²) in [6, 6.07) is 1.43. The van der Waals surface area contributed by atoms with E-state index >= 15 is 0 Å². The number of nitrogens with zero attached hydrogens (tertiary/aromatic N) is 1. The first kappa shape index (κ1) is 9.92. The van der Waals surface area contributed by atoms with Crippen LogP contribution in [-0.2, 0) is 6.54 Å².